The zero-order valence-corrected chi connectivity index (χ0v) is 17.1. The summed E-state index contributed by atoms with van der Waals surface area (Å²) in [5, 5.41) is 11.3. The van der Waals surface area contributed by atoms with Crippen molar-refractivity contribution in [2.45, 2.75) is 44.0 Å². The summed E-state index contributed by atoms with van der Waals surface area (Å²) in [5.74, 6) is 1.22. The fourth-order valence-electron chi connectivity index (χ4n) is 3.51. The van der Waals surface area contributed by atoms with Gasteiger partial charge in [-0.05, 0) is 49.6 Å². The number of hydrogen-bond acceptors (Lipinski definition) is 4. The van der Waals surface area contributed by atoms with Crippen LogP contribution in [0.1, 0.15) is 30.7 Å². The molecule has 7 heteroatoms. The van der Waals surface area contributed by atoms with Crippen molar-refractivity contribution in [2.24, 2.45) is 0 Å². The van der Waals surface area contributed by atoms with Gasteiger partial charge in [0, 0.05) is 23.4 Å². The molecule has 0 saturated heterocycles. The Morgan fingerprint density at radius 3 is 2.90 bits per heavy atom. The number of halogens is 1. The molecule has 0 aliphatic carbocycles. The number of aromatic nitrogens is 3. The molecule has 1 amide bonds. The maximum Gasteiger partial charge on any atom is 0.234 e. The molecule has 0 unspecified atom stereocenters. The highest BCUT2D eigenvalue weighted by atomic mass is 32.2. The summed E-state index contributed by atoms with van der Waals surface area (Å²) in [6, 6.07) is 12.6. The fraction of sp³-hybridized carbons (Fsp3) is 0.318. The smallest absolute Gasteiger partial charge is 0.234 e. The van der Waals surface area contributed by atoms with E-state index in [1.807, 2.05) is 31.2 Å². The van der Waals surface area contributed by atoms with Gasteiger partial charge in [0.25, 0.3) is 0 Å². The number of fused-ring (bicyclic) bond motifs is 1. The fourth-order valence-corrected chi connectivity index (χ4v) is 4.34. The standard InChI is InChI=1S/C22H23FN4OS/c1-15-7-4-5-8-19(15)29-14-21(28)24-18-13-16(10-11-17(18)23)22-26-25-20-9-3-2-6-12-27(20)22/h4-5,7-8,10-11,13H,2-3,6,9,12,14H2,1H3,(H,24,28). The van der Waals surface area contributed by atoms with Gasteiger partial charge in [-0.1, -0.05) is 24.6 Å². The van der Waals surface area contributed by atoms with Gasteiger partial charge in [0.15, 0.2) is 5.82 Å². The van der Waals surface area contributed by atoms with E-state index in [2.05, 4.69) is 20.1 Å². The molecule has 0 radical (unpaired) electrons. The van der Waals surface area contributed by atoms with Crippen molar-refractivity contribution >= 4 is 23.4 Å². The highest BCUT2D eigenvalue weighted by Gasteiger charge is 2.17. The van der Waals surface area contributed by atoms with Gasteiger partial charge in [0.05, 0.1) is 11.4 Å². The Bertz CT molecular complexity index is 1030. The van der Waals surface area contributed by atoms with E-state index in [-0.39, 0.29) is 17.3 Å². The Hall–Kier alpha value is -2.67. The van der Waals surface area contributed by atoms with Crippen LogP contribution in [0.5, 0.6) is 0 Å². The van der Waals surface area contributed by atoms with Crippen LogP contribution in [-0.4, -0.2) is 26.4 Å². The molecule has 29 heavy (non-hydrogen) atoms. The largest absolute Gasteiger partial charge is 0.323 e. The first kappa shape index (κ1) is 19.6. The van der Waals surface area contributed by atoms with Crippen LogP contribution in [0.15, 0.2) is 47.4 Å². The Kier molecular flexibility index (Phi) is 5.94. The van der Waals surface area contributed by atoms with Crippen LogP contribution in [0.3, 0.4) is 0 Å². The molecule has 4 rings (SSSR count). The number of benzene rings is 2. The summed E-state index contributed by atoms with van der Waals surface area (Å²) in [6.07, 6.45) is 4.28. The van der Waals surface area contributed by atoms with Crippen LogP contribution in [0, 0.1) is 12.7 Å². The molecule has 0 spiro atoms. The summed E-state index contributed by atoms with van der Waals surface area (Å²) in [4.78, 5) is 13.4. The first-order valence-corrected chi connectivity index (χ1v) is 10.8. The number of amides is 1. The maximum absolute atomic E-state index is 14.3. The van der Waals surface area contributed by atoms with E-state index in [1.54, 1.807) is 12.1 Å². The average Bonchev–Trinajstić information content (AvgIpc) is 2.97. The predicted octanol–water partition coefficient (Wildman–Crippen LogP) is 4.85. The van der Waals surface area contributed by atoms with Gasteiger partial charge >= 0.3 is 0 Å². The molecule has 5 nitrogen and oxygen atoms in total. The second kappa shape index (κ2) is 8.78. The van der Waals surface area contributed by atoms with E-state index in [1.165, 1.54) is 24.2 Å². The molecule has 0 fully saturated rings. The number of nitrogens with zero attached hydrogens (tertiary/aromatic N) is 3. The molecule has 1 aliphatic rings. The molecule has 0 bridgehead atoms. The third kappa shape index (κ3) is 4.50. The average molecular weight is 411 g/mol. The minimum absolute atomic E-state index is 0.170. The predicted molar refractivity (Wildman–Crippen MR) is 114 cm³/mol. The number of thioether (sulfide) groups is 1. The van der Waals surface area contributed by atoms with Crippen molar-refractivity contribution in [1.82, 2.24) is 14.8 Å². The summed E-state index contributed by atoms with van der Waals surface area (Å²) >= 11 is 1.44. The second-order valence-electron chi connectivity index (χ2n) is 7.20. The zero-order chi connectivity index (χ0) is 20.2. The van der Waals surface area contributed by atoms with E-state index in [0.717, 1.165) is 53.5 Å². The Balaban J connectivity index is 1.50. The van der Waals surface area contributed by atoms with Gasteiger partial charge in [-0.25, -0.2) is 4.39 Å². The molecule has 2 heterocycles. The lowest BCUT2D eigenvalue weighted by Gasteiger charge is -2.11. The van der Waals surface area contributed by atoms with E-state index in [4.69, 9.17) is 0 Å². The lowest BCUT2D eigenvalue weighted by molar-refractivity contribution is -0.113. The van der Waals surface area contributed by atoms with Crippen LogP contribution in [0.25, 0.3) is 11.4 Å². The number of anilines is 1. The first-order valence-electron chi connectivity index (χ1n) is 9.82. The summed E-state index contributed by atoms with van der Waals surface area (Å²) in [7, 11) is 0. The van der Waals surface area contributed by atoms with Gasteiger partial charge in [-0.15, -0.1) is 22.0 Å². The number of carbonyl (C=O) groups excluding carboxylic acids is 1. The SMILES string of the molecule is Cc1ccccc1SCC(=O)Nc1cc(-c2nnc3n2CCCCC3)ccc1F. The lowest BCUT2D eigenvalue weighted by Crippen LogP contribution is -2.15. The lowest BCUT2D eigenvalue weighted by atomic mass is 10.1. The molecular formula is C22H23FN4OS. The van der Waals surface area contributed by atoms with Gasteiger partial charge in [0.1, 0.15) is 11.6 Å². The molecule has 0 atom stereocenters. The van der Waals surface area contributed by atoms with Crippen molar-refractivity contribution in [3.63, 3.8) is 0 Å². The third-order valence-electron chi connectivity index (χ3n) is 5.06. The first-order chi connectivity index (χ1) is 14.1. The molecular weight excluding hydrogens is 387 g/mol. The number of nitrogens with one attached hydrogen (secondary N) is 1. The van der Waals surface area contributed by atoms with Crippen molar-refractivity contribution < 1.29 is 9.18 Å². The molecule has 0 saturated carbocycles. The van der Waals surface area contributed by atoms with Crippen LogP contribution >= 0.6 is 11.8 Å². The minimum atomic E-state index is -0.460. The Labute approximate surface area is 173 Å². The van der Waals surface area contributed by atoms with Gasteiger partial charge < -0.3 is 9.88 Å². The van der Waals surface area contributed by atoms with E-state index >= 15 is 0 Å². The molecule has 1 aliphatic heterocycles. The third-order valence-corrected chi connectivity index (χ3v) is 6.24. The number of hydrogen-bond donors (Lipinski definition) is 1. The second-order valence-corrected chi connectivity index (χ2v) is 8.22. The van der Waals surface area contributed by atoms with Gasteiger partial charge in [-0.2, -0.15) is 0 Å². The molecule has 1 N–H and O–H groups in total. The van der Waals surface area contributed by atoms with Crippen LogP contribution in [0.2, 0.25) is 0 Å². The Morgan fingerprint density at radius 1 is 1.17 bits per heavy atom. The summed E-state index contributed by atoms with van der Waals surface area (Å²) in [6.45, 7) is 2.87. The van der Waals surface area contributed by atoms with Crippen molar-refractivity contribution in [2.75, 3.05) is 11.1 Å². The van der Waals surface area contributed by atoms with Gasteiger partial charge in [0.2, 0.25) is 5.91 Å². The Morgan fingerprint density at radius 2 is 2.03 bits per heavy atom. The van der Waals surface area contributed by atoms with Crippen LogP contribution in [0.4, 0.5) is 10.1 Å². The van der Waals surface area contributed by atoms with Crippen molar-refractivity contribution in [1.29, 1.82) is 0 Å². The summed E-state index contributed by atoms with van der Waals surface area (Å²) < 4.78 is 16.4. The topological polar surface area (TPSA) is 59.8 Å². The van der Waals surface area contributed by atoms with Gasteiger partial charge in [-0.3, -0.25) is 4.79 Å². The number of carbonyl (C=O) groups is 1. The van der Waals surface area contributed by atoms with Crippen molar-refractivity contribution in [3.05, 3.63) is 59.7 Å². The maximum atomic E-state index is 14.3. The quantitative estimate of drug-likeness (QED) is 0.611. The molecule has 150 valence electrons. The molecule has 1 aromatic heterocycles. The highest BCUT2D eigenvalue weighted by molar-refractivity contribution is 8.00. The number of rotatable bonds is 5. The highest BCUT2D eigenvalue weighted by Crippen LogP contribution is 2.27. The van der Waals surface area contributed by atoms with E-state index in [0.29, 0.717) is 0 Å². The van der Waals surface area contributed by atoms with E-state index in [9.17, 15) is 9.18 Å². The monoisotopic (exact) mass is 410 g/mol. The van der Waals surface area contributed by atoms with Crippen LogP contribution < -0.4 is 5.32 Å². The zero-order valence-electron chi connectivity index (χ0n) is 16.3. The molecule has 3 aromatic rings. The minimum Gasteiger partial charge on any atom is -0.323 e. The molecule has 2 aromatic carbocycles. The van der Waals surface area contributed by atoms with Crippen molar-refractivity contribution in [3.8, 4) is 11.4 Å². The summed E-state index contributed by atoms with van der Waals surface area (Å²) in [5.41, 5.74) is 2.05. The van der Waals surface area contributed by atoms with E-state index < -0.39 is 5.82 Å². The normalized spacial score (nSPS) is 13.6. The van der Waals surface area contributed by atoms with Crippen LogP contribution in [-0.2, 0) is 17.8 Å². The number of aryl methyl sites for hydroxylation is 2.